The number of carboxylic acid groups (broad SMARTS) is 1. The summed E-state index contributed by atoms with van der Waals surface area (Å²) in [5.74, 6) is -1.58. The molecule has 7 nitrogen and oxygen atoms in total. The van der Waals surface area contributed by atoms with Crippen molar-refractivity contribution in [2.45, 2.75) is 13.0 Å². The summed E-state index contributed by atoms with van der Waals surface area (Å²) in [6.07, 6.45) is 1.93. The Morgan fingerprint density at radius 1 is 1.56 bits per heavy atom. The average Bonchev–Trinajstić information content (AvgIpc) is 2.25. The number of carbonyl (C=O) groups excluding carboxylic acids is 1. The van der Waals surface area contributed by atoms with E-state index in [1.54, 1.807) is 6.92 Å². The van der Waals surface area contributed by atoms with E-state index in [1.165, 1.54) is 6.08 Å². The van der Waals surface area contributed by atoms with Crippen molar-refractivity contribution in [3.05, 3.63) is 24.8 Å². The van der Waals surface area contributed by atoms with Crippen LogP contribution in [-0.4, -0.2) is 41.0 Å². The highest BCUT2D eigenvalue weighted by atomic mass is 31.1. The van der Waals surface area contributed by atoms with Crippen LogP contribution >= 0.6 is 8.03 Å². The van der Waals surface area contributed by atoms with Gasteiger partial charge in [-0.1, -0.05) is 17.2 Å². The summed E-state index contributed by atoms with van der Waals surface area (Å²) in [6.45, 7) is 4.46. The largest absolute Gasteiger partial charge is 0.595 e. The Morgan fingerprint density at radius 2 is 2.11 bits per heavy atom. The lowest BCUT2D eigenvalue weighted by molar-refractivity contribution is -0.166. The van der Waals surface area contributed by atoms with Crippen LogP contribution < -0.4 is 4.89 Å². The van der Waals surface area contributed by atoms with Gasteiger partial charge in [0.15, 0.2) is 6.16 Å². The highest BCUT2D eigenvalue weighted by Gasteiger charge is 2.13. The molecule has 0 bridgehead atoms. The molecular formula is C10H15O7P. The van der Waals surface area contributed by atoms with Crippen LogP contribution in [0.4, 0.5) is 0 Å². The molecule has 18 heavy (non-hydrogen) atoms. The molecule has 0 heterocycles. The van der Waals surface area contributed by atoms with Gasteiger partial charge in [0.25, 0.3) is 0 Å². The van der Waals surface area contributed by atoms with Gasteiger partial charge < -0.3 is 19.8 Å². The first-order valence-electron chi connectivity index (χ1n) is 4.78. The number of rotatable bonds is 6. The van der Waals surface area contributed by atoms with E-state index in [9.17, 15) is 19.0 Å². The van der Waals surface area contributed by atoms with Crippen molar-refractivity contribution in [3.8, 4) is 0 Å². The van der Waals surface area contributed by atoms with Gasteiger partial charge in [-0.25, -0.2) is 9.59 Å². The smallest absolute Gasteiger partial charge is 0.330 e. The Morgan fingerprint density at radius 3 is 2.39 bits per heavy atom. The summed E-state index contributed by atoms with van der Waals surface area (Å²) in [5, 5.41) is 16.7. The molecule has 2 atom stereocenters. The second-order valence-corrected chi connectivity index (χ2v) is 3.87. The monoisotopic (exact) mass is 278 g/mol. The number of ether oxygens (including phenoxy) is 1. The summed E-state index contributed by atoms with van der Waals surface area (Å²) in [6, 6.07) is 0. The second-order valence-electron chi connectivity index (χ2n) is 2.84. The normalized spacial score (nSPS) is 12.1. The number of hydrogen-bond donors (Lipinski definition) is 2. The number of allylic oxidation sites excluding steroid dienone is 1. The lowest BCUT2D eigenvalue weighted by Gasteiger charge is -2.04. The highest BCUT2D eigenvalue weighted by molar-refractivity contribution is 7.36. The van der Waals surface area contributed by atoms with Gasteiger partial charge >= 0.3 is 20.0 Å². The van der Waals surface area contributed by atoms with Crippen molar-refractivity contribution in [3.63, 3.8) is 0 Å². The molecule has 8 heteroatoms. The van der Waals surface area contributed by atoms with Gasteiger partial charge in [-0.05, 0) is 6.92 Å². The van der Waals surface area contributed by atoms with Crippen LogP contribution in [0, 0.1) is 0 Å². The van der Waals surface area contributed by atoms with Crippen LogP contribution in [0.5, 0.6) is 0 Å². The number of aliphatic hydroxyl groups excluding tert-OH is 1. The van der Waals surface area contributed by atoms with E-state index in [-0.39, 0.29) is 6.61 Å². The molecule has 0 aliphatic heterocycles. The topological polar surface area (TPSA) is 124 Å². The minimum Gasteiger partial charge on any atom is -0.595 e. The Hall–Kier alpha value is -1.56. The SMILES string of the molecule is C=CC(=O)OCC(O)C[P+](=O)[O-].CC=CC(=O)O. The molecule has 0 aliphatic rings. The number of carbonyl (C=O) groups is 2. The standard InChI is InChI=1S/C6H9O5P.C4H6O2/c1-2-6(8)11-3-5(7)4-12(9)10;1-2-3-4(5)6/h2,5,7H,1,3-4H2;2-3H,1H3,(H,5,6). The Bertz CT molecular complexity index is 324. The van der Waals surface area contributed by atoms with E-state index in [0.717, 1.165) is 12.2 Å². The van der Waals surface area contributed by atoms with E-state index in [0.29, 0.717) is 0 Å². The number of hydrogen-bond acceptors (Lipinski definition) is 6. The Labute approximate surface area is 105 Å². The zero-order valence-electron chi connectivity index (χ0n) is 9.81. The van der Waals surface area contributed by atoms with Crippen LogP contribution in [0.25, 0.3) is 0 Å². The van der Waals surface area contributed by atoms with Gasteiger partial charge in [0.2, 0.25) is 0 Å². The second kappa shape index (κ2) is 11.9. The third-order valence-corrected chi connectivity index (χ3v) is 1.97. The lowest BCUT2D eigenvalue weighted by Crippen LogP contribution is -2.21. The fourth-order valence-corrected chi connectivity index (χ4v) is 1.05. The number of carboxylic acids is 1. The predicted octanol–water partition coefficient (Wildman–Crippen LogP) is -0.174. The fraction of sp³-hybridized carbons (Fsp3) is 0.400. The summed E-state index contributed by atoms with van der Waals surface area (Å²) in [5.41, 5.74) is 0. The Kier molecular flexibility index (Phi) is 12.4. The first-order valence-corrected chi connectivity index (χ1v) is 6.14. The molecule has 0 saturated carbocycles. The van der Waals surface area contributed by atoms with Crippen molar-refractivity contribution in [1.29, 1.82) is 0 Å². The zero-order chi connectivity index (χ0) is 14.6. The van der Waals surface area contributed by atoms with Crippen LogP contribution in [0.15, 0.2) is 24.8 Å². The Balaban J connectivity index is 0. The van der Waals surface area contributed by atoms with E-state index < -0.39 is 32.2 Å². The first kappa shape index (κ1) is 18.8. The first-order chi connectivity index (χ1) is 8.33. The van der Waals surface area contributed by atoms with Crippen molar-refractivity contribution < 1.29 is 34.0 Å². The summed E-state index contributed by atoms with van der Waals surface area (Å²) in [7, 11) is -2.64. The van der Waals surface area contributed by atoms with Crippen LogP contribution in [0.3, 0.4) is 0 Å². The number of aliphatic carboxylic acids is 1. The molecule has 0 saturated heterocycles. The maximum Gasteiger partial charge on any atom is 0.330 e. The summed E-state index contributed by atoms with van der Waals surface area (Å²) in [4.78, 5) is 30.0. The fourth-order valence-electron chi connectivity index (χ4n) is 0.605. The molecular weight excluding hydrogens is 263 g/mol. The van der Waals surface area contributed by atoms with Gasteiger partial charge in [0.1, 0.15) is 12.7 Å². The summed E-state index contributed by atoms with van der Waals surface area (Å²) >= 11 is 0. The molecule has 102 valence electrons. The molecule has 2 unspecified atom stereocenters. The van der Waals surface area contributed by atoms with E-state index >= 15 is 0 Å². The van der Waals surface area contributed by atoms with Gasteiger partial charge in [-0.15, -0.1) is 0 Å². The molecule has 0 aromatic carbocycles. The maximum atomic E-state index is 10.4. The van der Waals surface area contributed by atoms with E-state index in [1.807, 2.05) is 0 Å². The summed E-state index contributed by atoms with van der Waals surface area (Å²) < 4.78 is 14.4. The van der Waals surface area contributed by atoms with Crippen molar-refractivity contribution >= 4 is 20.0 Å². The lowest BCUT2D eigenvalue weighted by atomic mass is 10.4. The van der Waals surface area contributed by atoms with Crippen LogP contribution in [0.1, 0.15) is 6.92 Å². The molecule has 0 radical (unpaired) electrons. The zero-order valence-corrected chi connectivity index (χ0v) is 10.7. The maximum absolute atomic E-state index is 10.4. The van der Waals surface area contributed by atoms with Gasteiger partial charge in [-0.2, -0.15) is 0 Å². The molecule has 0 fully saturated rings. The third kappa shape index (κ3) is 16.9. The highest BCUT2D eigenvalue weighted by Crippen LogP contribution is 2.08. The quantitative estimate of drug-likeness (QED) is 0.392. The van der Waals surface area contributed by atoms with E-state index in [4.69, 9.17) is 10.2 Å². The van der Waals surface area contributed by atoms with Gasteiger partial charge in [0, 0.05) is 12.2 Å². The van der Waals surface area contributed by atoms with Gasteiger partial charge in [0.05, 0.1) is 0 Å². The minimum atomic E-state index is -2.64. The van der Waals surface area contributed by atoms with Crippen LogP contribution in [0.2, 0.25) is 0 Å². The van der Waals surface area contributed by atoms with Crippen molar-refractivity contribution in [2.24, 2.45) is 0 Å². The molecule has 0 aromatic rings. The van der Waals surface area contributed by atoms with Crippen molar-refractivity contribution in [1.82, 2.24) is 0 Å². The molecule has 0 aromatic heterocycles. The average molecular weight is 278 g/mol. The number of esters is 1. The third-order valence-electron chi connectivity index (χ3n) is 1.25. The minimum absolute atomic E-state index is 0.325. The van der Waals surface area contributed by atoms with E-state index in [2.05, 4.69) is 11.3 Å². The van der Waals surface area contributed by atoms with Crippen LogP contribution in [-0.2, 0) is 18.9 Å². The predicted molar refractivity (Wildman–Crippen MR) is 62.1 cm³/mol. The number of aliphatic hydroxyl groups is 1. The molecule has 0 amide bonds. The molecule has 0 rings (SSSR count). The molecule has 2 N–H and O–H groups in total. The van der Waals surface area contributed by atoms with Gasteiger partial charge in [-0.3, -0.25) is 0 Å². The molecule has 0 spiro atoms. The molecule has 0 aliphatic carbocycles. The van der Waals surface area contributed by atoms with Crippen molar-refractivity contribution in [2.75, 3.05) is 12.8 Å².